The van der Waals surface area contributed by atoms with Gasteiger partial charge in [-0.1, -0.05) is 49.9 Å². The normalized spacial score (nSPS) is 11.4. The van der Waals surface area contributed by atoms with Crippen LogP contribution >= 0.6 is 0 Å². The van der Waals surface area contributed by atoms with Crippen LogP contribution in [-0.4, -0.2) is 16.9 Å². The Morgan fingerprint density at radius 1 is 1.15 bits per heavy atom. The predicted octanol–water partition coefficient (Wildman–Crippen LogP) is 6.20. The molecule has 0 aliphatic carbocycles. The first-order valence-corrected chi connectivity index (χ1v) is 9.44. The first-order chi connectivity index (χ1) is 12.4. The molecular weight excluding hydrogens is 328 g/mol. The highest BCUT2D eigenvalue weighted by Gasteiger charge is 2.18. The van der Waals surface area contributed by atoms with Gasteiger partial charge in [0.05, 0.1) is 11.4 Å². The van der Waals surface area contributed by atoms with Crippen LogP contribution in [0.1, 0.15) is 65.5 Å². The van der Waals surface area contributed by atoms with Crippen molar-refractivity contribution >= 4 is 11.8 Å². The summed E-state index contributed by atoms with van der Waals surface area (Å²) >= 11 is 0. The molecular formula is C21H30N2O3. The fourth-order valence-electron chi connectivity index (χ4n) is 2.69. The Hall–Kier alpha value is -2.30. The van der Waals surface area contributed by atoms with Crippen LogP contribution in [0.2, 0.25) is 0 Å². The van der Waals surface area contributed by atoms with Gasteiger partial charge in [0.1, 0.15) is 5.60 Å². The topological polar surface area (TPSA) is 64.4 Å². The zero-order chi connectivity index (χ0) is 19.0. The largest absolute Gasteiger partial charge is 0.444 e. The predicted molar refractivity (Wildman–Crippen MR) is 104 cm³/mol. The smallest absolute Gasteiger partial charge is 0.412 e. The second-order valence-corrected chi connectivity index (χ2v) is 7.52. The van der Waals surface area contributed by atoms with Gasteiger partial charge in [-0.05, 0) is 45.7 Å². The van der Waals surface area contributed by atoms with Crippen molar-refractivity contribution in [2.24, 2.45) is 0 Å². The summed E-state index contributed by atoms with van der Waals surface area (Å²) in [6.07, 6.45) is 6.55. The van der Waals surface area contributed by atoms with E-state index in [2.05, 4.69) is 17.4 Å². The van der Waals surface area contributed by atoms with Gasteiger partial charge in [-0.15, -0.1) is 0 Å². The average Bonchev–Trinajstić information content (AvgIpc) is 3.02. The van der Waals surface area contributed by atoms with Gasteiger partial charge in [-0.2, -0.15) is 0 Å². The molecule has 0 bridgehead atoms. The van der Waals surface area contributed by atoms with Crippen LogP contribution in [0.15, 0.2) is 34.9 Å². The molecule has 0 radical (unpaired) electrons. The van der Waals surface area contributed by atoms with E-state index in [1.807, 2.05) is 51.1 Å². The summed E-state index contributed by atoms with van der Waals surface area (Å²) in [4.78, 5) is 12.1. The van der Waals surface area contributed by atoms with Crippen molar-refractivity contribution in [3.63, 3.8) is 0 Å². The van der Waals surface area contributed by atoms with Crippen LogP contribution < -0.4 is 5.32 Å². The molecule has 0 saturated carbocycles. The minimum absolute atomic E-state index is 0.486. The van der Waals surface area contributed by atoms with Gasteiger partial charge in [-0.3, -0.25) is 5.32 Å². The lowest BCUT2D eigenvalue weighted by atomic mass is 10.1. The molecule has 1 amide bonds. The number of aromatic nitrogens is 1. The number of hydrogen-bond acceptors (Lipinski definition) is 4. The number of anilines is 1. The van der Waals surface area contributed by atoms with Gasteiger partial charge in [0.25, 0.3) is 0 Å². The van der Waals surface area contributed by atoms with Gasteiger partial charge < -0.3 is 9.26 Å². The molecule has 1 heterocycles. The minimum Gasteiger partial charge on any atom is -0.444 e. The lowest BCUT2D eigenvalue weighted by Crippen LogP contribution is -2.27. The van der Waals surface area contributed by atoms with E-state index in [4.69, 9.17) is 9.26 Å². The van der Waals surface area contributed by atoms with Crippen molar-refractivity contribution in [2.75, 3.05) is 5.32 Å². The van der Waals surface area contributed by atoms with E-state index in [0.717, 1.165) is 24.1 Å². The van der Waals surface area contributed by atoms with Gasteiger partial charge in [0.15, 0.2) is 5.76 Å². The molecule has 0 fully saturated rings. The fourth-order valence-corrected chi connectivity index (χ4v) is 2.69. The molecule has 0 spiro atoms. The van der Waals surface area contributed by atoms with Gasteiger partial charge in [-0.25, -0.2) is 4.79 Å². The maximum Gasteiger partial charge on any atom is 0.412 e. The third-order valence-electron chi connectivity index (χ3n) is 3.92. The summed E-state index contributed by atoms with van der Waals surface area (Å²) in [6.45, 7) is 7.72. The van der Waals surface area contributed by atoms with Crippen molar-refractivity contribution in [1.29, 1.82) is 0 Å². The monoisotopic (exact) mass is 358 g/mol. The molecule has 5 nitrogen and oxygen atoms in total. The minimum atomic E-state index is -0.545. The van der Waals surface area contributed by atoms with Crippen LogP contribution in [0.25, 0.3) is 11.3 Å². The molecule has 1 aromatic heterocycles. The van der Waals surface area contributed by atoms with E-state index in [0.29, 0.717) is 11.4 Å². The molecule has 0 aliphatic heterocycles. The van der Waals surface area contributed by atoms with Gasteiger partial charge in [0.2, 0.25) is 0 Å². The molecule has 0 atom stereocenters. The number of para-hydroxylation sites is 1. The van der Waals surface area contributed by atoms with Crippen molar-refractivity contribution in [3.05, 3.63) is 36.0 Å². The van der Waals surface area contributed by atoms with Crippen LogP contribution in [-0.2, 0) is 11.2 Å². The molecule has 0 saturated heterocycles. The van der Waals surface area contributed by atoms with Crippen LogP contribution in [0.3, 0.4) is 0 Å². The summed E-state index contributed by atoms with van der Waals surface area (Å²) in [5.41, 5.74) is 1.84. The number of ether oxygens (including phenoxy) is 1. The molecule has 142 valence electrons. The number of amides is 1. The number of carbonyl (C=O) groups excluding carboxylic acids is 1. The van der Waals surface area contributed by atoms with E-state index in [1.54, 1.807) is 0 Å². The summed E-state index contributed by atoms with van der Waals surface area (Å²) in [5, 5.41) is 6.96. The Balaban J connectivity index is 2.02. The number of hydrogen-bond donors (Lipinski definition) is 1. The molecule has 0 aliphatic rings. The maximum absolute atomic E-state index is 12.1. The van der Waals surface area contributed by atoms with E-state index in [1.165, 1.54) is 25.7 Å². The number of nitrogens with zero attached hydrogens (tertiary/aromatic N) is 1. The highest BCUT2D eigenvalue weighted by atomic mass is 16.6. The molecule has 5 heteroatoms. The van der Waals surface area contributed by atoms with Crippen LogP contribution in [0.5, 0.6) is 0 Å². The molecule has 2 aromatic rings. The zero-order valence-electron chi connectivity index (χ0n) is 16.3. The summed E-state index contributed by atoms with van der Waals surface area (Å²) in [7, 11) is 0. The first kappa shape index (κ1) is 20.0. The lowest BCUT2D eigenvalue weighted by Gasteiger charge is -2.20. The number of unbranched alkanes of at least 4 members (excludes halogenated alkanes) is 4. The number of benzene rings is 1. The Morgan fingerprint density at radius 3 is 2.62 bits per heavy atom. The molecule has 1 N–H and O–H groups in total. The Morgan fingerprint density at radius 2 is 1.88 bits per heavy atom. The summed E-state index contributed by atoms with van der Waals surface area (Å²) in [5.74, 6) is 0.653. The summed E-state index contributed by atoms with van der Waals surface area (Å²) < 4.78 is 10.8. The Labute approximate surface area is 156 Å². The quantitative estimate of drug-likeness (QED) is 0.570. The molecule has 2 rings (SSSR count). The number of nitrogens with one attached hydrogen (secondary N) is 1. The fraction of sp³-hybridized carbons (Fsp3) is 0.524. The molecule has 1 aromatic carbocycles. The maximum atomic E-state index is 12.1. The Kier molecular flexibility index (Phi) is 7.25. The SMILES string of the molecule is CCCCCCCc1cc(-c2ccccc2NC(=O)OC(C)(C)C)on1. The number of aryl methyl sites for hydroxylation is 1. The van der Waals surface area contributed by atoms with Crippen molar-refractivity contribution in [1.82, 2.24) is 5.16 Å². The molecule has 26 heavy (non-hydrogen) atoms. The zero-order valence-corrected chi connectivity index (χ0v) is 16.3. The van der Waals surface area contributed by atoms with Crippen molar-refractivity contribution in [3.8, 4) is 11.3 Å². The third-order valence-corrected chi connectivity index (χ3v) is 3.92. The number of rotatable bonds is 8. The second-order valence-electron chi connectivity index (χ2n) is 7.52. The van der Waals surface area contributed by atoms with E-state index >= 15 is 0 Å². The number of carbonyl (C=O) groups is 1. The van der Waals surface area contributed by atoms with Gasteiger partial charge >= 0.3 is 6.09 Å². The van der Waals surface area contributed by atoms with Crippen LogP contribution in [0.4, 0.5) is 10.5 Å². The standard InChI is InChI=1S/C21H30N2O3/c1-5-6-7-8-9-12-16-15-19(26-23-16)17-13-10-11-14-18(17)22-20(24)25-21(2,3)4/h10-11,13-15H,5-9,12H2,1-4H3,(H,22,24). The first-order valence-electron chi connectivity index (χ1n) is 9.44. The lowest BCUT2D eigenvalue weighted by molar-refractivity contribution is 0.0636. The van der Waals surface area contributed by atoms with Gasteiger partial charge in [0, 0.05) is 11.6 Å². The van der Waals surface area contributed by atoms with Crippen LogP contribution in [0, 0.1) is 0 Å². The third kappa shape index (κ3) is 6.54. The Bertz CT molecular complexity index is 701. The molecule has 0 unspecified atom stereocenters. The van der Waals surface area contributed by atoms with E-state index in [-0.39, 0.29) is 0 Å². The highest BCUT2D eigenvalue weighted by Crippen LogP contribution is 2.29. The van der Waals surface area contributed by atoms with Crippen molar-refractivity contribution < 1.29 is 14.1 Å². The summed E-state index contributed by atoms with van der Waals surface area (Å²) in [6, 6.07) is 9.45. The highest BCUT2D eigenvalue weighted by molar-refractivity contribution is 5.90. The average molecular weight is 358 g/mol. The van der Waals surface area contributed by atoms with E-state index in [9.17, 15) is 4.79 Å². The van der Waals surface area contributed by atoms with Crippen molar-refractivity contribution in [2.45, 2.75) is 71.8 Å². The van der Waals surface area contributed by atoms with E-state index < -0.39 is 11.7 Å². The second kappa shape index (κ2) is 9.41.